The predicted octanol–water partition coefficient (Wildman–Crippen LogP) is 2.20. The summed E-state index contributed by atoms with van der Waals surface area (Å²) in [6, 6.07) is 5.52. The molecule has 1 aromatic rings. The predicted molar refractivity (Wildman–Crippen MR) is 75.8 cm³/mol. The molecule has 0 radical (unpaired) electrons. The van der Waals surface area contributed by atoms with Crippen molar-refractivity contribution in [3.05, 3.63) is 33.8 Å². The van der Waals surface area contributed by atoms with E-state index in [9.17, 15) is 4.79 Å². The van der Waals surface area contributed by atoms with E-state index < -0.39 is 5.97 Å². The minimum absolute atomic E-state index is 0.121. The van der Waals surface area contributed by atoms with Crippen LogP contribution in [0.3, 0.4) is 0 Å². The van der Waals surface area contributed by atoms with Gasteiger partial charge in [-0.1, -0.05) is 29.3 Å². The first-order chi connectivity index (χ1) is 9.04. The number of carbonyl (C=O) groups is 1. The normalized spacial score (nSPS) is 17.6. The molecule has 1 aliphatic heterocycles. The van der Waals surface area contributed by atoms with Gasteiger partial charge in [0.2, 0.25) is 0 Å². The van der Waals surface area contributed by atoms with E-state index in [1.807, 2.05) is 17.0 Å². The van der Waals surface area contributed by atoms with Gasteiger partial charge in [-0.2, -0.15) is 0 Å². The van der Waals surface area contributed by atoms with E-state index in [4.69, 9.17) is 28.3 Å². The number of aliphatic carboxylic acids is 1. The first-order valence-corrected chi connectivity index (χ1v) is 6.90. The summed E-state index contributed by atoms with van der Waals surface area (Å²) in [6.07, 6.45) is 0. The van der Waals surface area contributed by atoms with Crippen molar-refractivity contribution in [2.75, 3.05) is 32.7 Å². The van der Waals surface area contributed by atoms with Gasteiger partial charge < -0.3 is 5.11 Å². The lowest BCUT2D eigenvalue weighted by molar-refractivity contribution is -0.138. The molecule has 1 aliphatic rings. The Morgan fingerprint density at radius 3 is 2.37 bits per heavy atom. The molecule has 0 aromatic heterocycles. The van der Waals surface area contributed by atoms with Gasteiger partial charge in [0.1, 0.15) is 0 Å². The first kappa shape index (κ1) is 14.6. The van der Waals surface area contributed by atoms with E-state index in [0.29, 0.717) is 10.0 Å². The molecule has 0 atom stereocenters. The summed E-state index contributed by atoms with van der Waals surface area (Å²) in [7, 11) is 0. The zero-order valence-electron chi connectivity index (χ0n) is 10.5. The van der Waals surface area contributed by atoms with Crippen LogP contribution in [0.2, 0.25) is 10.0 Å². The second-order valence-corrected chi connectivity index (χ2v) is 5.53. The molecule has 0 aliphatic carbocycles. The van der Waals surface area contributed by atoms with Crippen molar-refractivity contribution in [1.29, 1.82) is 0 Å². The molecular weight excluding hydrogens is 287 g/mol. The quantitative estimate of drug-likeness (QED) is 0.926. The highest BCUT2D eigenvalue weighted by Gasteiger charge is 2.19. The van der Waals surface area contributed by atoms with Crippen molar-refractivity contribution < 1.29 is 9.90 Å². The van der Waals surface area contributed by atoms with Crippen LogP contribution in [-0.2, 0) is 11.3 Å². The van der Waals surface area contributed by atoms with Gasteiger partial charge in [-0.05, 0) is 17.7 Å². The molecule has 0 saturated carbocycles. The zero-order valence-corrected chi connectivity index (χ0v) is 12.0. The van der Waals surface area contributed by atoms with Crippen LogP contribution in [0.15, 0.2) is 18.2 Å². The second kappa shape index (κ2) is 6.57. The summed E-state index contributed by atoms with van der Waals surface area (Å²) in [6.45, 7) is 4.15. The summed E-state index contributed by atoms with van der Waals surface area (Å²) in [4.78, 5) is 14.8. The van der Waals surface area contributed by atoms with Crippen LogP contribution in [0.4, 0.5) is 0 Å². The Morgan fingerprint density at radius 2 is 1.79 bits per heavy atom. The van der Waals surface area contributed by atoms with Crippen LogP contribution >= 0.6 is 23.2 Å². The molecule has 0 unspecified atom stereocenters. The Hall–Kier alpha value is -0.810. The Morgan fingerprint density at radius 1 is 1.16 bits per heavy atom. The zero-order chi connectivity index (χ0) is 13.8. The highest BCUT2D eigenvalue weighted by Crippen LogP contribution is 2.22. The fourth-order valence-corrected chi connectivity index (χ4v) is 2.66. The van der Waals surface area contributed by atoms with Gasteiger partial charge in [-0.25, -0.2) is 0 Å². The number of carboxylic acids is 1. The summed E-state index contributed by atoms with van der Waals surface area (Å²) < 4.78 is 0. The molecule has 1 aromatic carbocycles. The van der Waals surface area contributed by atoms with Gasteiger partial charge in [0.05, 0.1) is 6.54 Å². The number of rotatable bonds is 4. The van der Waals surface area contributed by atoms with Crippen LogP contribution < -0.4 is 0 Å². The third-order valence-electron chi connectivity index (χ3n) is 3.23. The van der Waals surface area contributed by atoms with Crippen LogP contribution in [0.5, 0.6) is 0 Å². The molecular formula is C13H16Cl2N2O2. The molecule has 104 valence electrons. The monoisotopic (exact) mass is 302 g/mol. The molecule has 4 nitrogen and oxygen atoms in total. The van der Waals surface area contributed by atoms with E-state index >= 15 is 0 Å². The molecule has 0 bridgehead atoms. The fraction of sp³-hybridized carbons (Fsp3) is 0.462. The Balaban J connectivity index is 1.87. The van der Waals surface area contributed by atoms with Crippen molar-refractivity contribution in [1.82, 2.24) is 9.80 Å². The van der Waals surface area contributed by atoms with Gasteiger partial charge in [-0.3, -0.25) is 14.6 Å². The molecule has 1 N–H and O–H groups in total. The third-order valence-corrected chi connectivity index (χ3v) is 3.82. The van der Waals surface area contributed by atoms with Crippen LogP contribution in [-0.4, -0.2) is 53.6 Å². The van der Waals surface area contributed by atoms with Crippen molar-refractivity contribution in [2.24, 2.45) is 0 Å². The maximum Gasteiger partial charge on any atom is 0.317 e. The summed E-state index contributed by atoms with van der Waals surface area (Å²) >= 11 is 12.0. The van der Waals surface area contributed by atoms with E-state index in [1.54, 1.807) is 6.07 Å². The van der Waals surface area contributed by atoms with Crippen molar-refractivity contribution in [3.63, 3.8) is 0 Å². The first-order valence-electron chi connectivity index (χ1n) is 6.15. The van der Waals surface area contributed by atoms with Crippen molar-refractivity contribution >= 4 is 29.2 Å². The fourth-order valence-electron chi connectivity index (χ4n) is 2.19. The number of hydrogen-bond acceptors (Lipinski definition) is 3. The second-order valence-electron chi connectivity index (χ2n) is 4.68. The Kier molecular flexibility index (Phi) is 5.05. The molecule has 1 saturated heterocycles. The molecule has 6 heteroatoms. The Bertz CT molecular complexity index is 460. The number of piperazine rings is 1. The number of carboxylic acid groups (broad SMARTS) is 1. The van der Waals surface area contributed by atoms with Gasteiger partial charge in [0.15, 0.2) is 0 Å². The topological polar surface area (TPSA) is 43.8 Å². The molecule has 19 heavy (non-hydrogen) atoms. The standard InChI is InChI=1S/C13H16Cl2N2O2/c14-11-2-1-10(12(15)7-11)8-16-3-5-17(6-4-16)9-13(18)19/h1-2,7H,3-6,8-9H2,(H,18,19). The van der Waals surface area contributed by atoms with Crippen LogP contribution in [0.1, 0.15) is 5.56 Å². The van der Waals surface area contributed by atoms with E-state index in [0.717, 1.165) is 38.3 Å². The number of nitrogens with zero attached hydrogens (tertiary/aromatic N) is 2. The minimum Gasteiger partial charge on any atom is -0.480 e. The van der Waals surface area contributed by atoms with E-state index in [1.165, 1.54) is 0 Å². The third kappa shape index (κ3) is 4.35. The molecule has 2 rings (SSSR count). The molecule has 1 heterocycles. The van der Waals surface area contributed by atoms with E-state index in [-0.39, 0.29) is 6.54 Å². The SMILES string of the molecule is O=C(O)CN1CCN(Cc2ccc(Cl)cc2Cl)CC1. The maximum absolute atomic E-state index is 10.6. The average Bonchev–Trinajstić information content (AvgIpc) is 2.34. The van der Waals surface area contributed by atoms with Gasteiger partial charge in [0.25, 0.3) is 0 Å². The number of halogens is 2. The lowest BCUT2D eigenvalue weighted by Gasteiger charge is -2.33. The lowest BCUT2D eigenvalue weighted by Crippen LogP contribution is -2.47. The lowest BCUT2D eigenvalue weighted by atomic mass is 10.2. The van der Waals surface area contributed by atoms with Crippen LogP contribution in [0.25, 0.3) is 0 Å². The summed E-state index contributed by atoms with van der Waals surface area (Å²) in [5.74, 6) is -0.769. The van der Waals surface area contributed by atoms with Gasteiger partial charge >= 0.3 is 5.97 Å². The largest absolute Gasteiger partial charge is 0.480 e. The maximum atomic E-state index is 10.6. The van der Waals surface area contributed by atoms with E-state index in [2.05, 4.69) is 4.90 Å². The van der Waals surface area contributed by atoms with Gasteiger partial charge in [-0.15, -0.1) is 0 Å². The smallest absolute Gasteiger partial charge is 0.317 e. The highest BCUT2D eigenvalue weighted by molar-refractivity contribution is 6.35. The van der Waals surface area contributed by atoms with Crippen molar-refractivity contribution in [3.8, 4) is 0 Å². The average molecular weight is 303 g/mol. The number of benzene rings is 1. The molecule has 0 amide bonds. The number of hydrogen-bond donors (Lipinski definition) is 1. The molecule has 0 spiro atoms. The summed E-state index contributed by atoms with van der Waals surface area (Å²) in [5.41, 5.74) is 1.05. The highest BCUT2D eigenvalue weighted by atomic mass is 35.5. The Labute approximate surface area is 122 Å². The molecule has 1 fully saturated rings. The summed E-state index contributed by atoms with van der Waals surface area (Å²) in [5, 5.41) is 10.1. The van der Waals surface area contributed by atoms with Crippen molar-refractivity contribution in [2.45, 2.75) is 6.54 Å². The van der Waals surface area contributed by atoms with Crippen LogP contribution in [0, 0.1) is 0 Å². The minimum atomic E-state index is -0.769. The van der Waals surface area contributed by atoms with Gasteiger partial charge in [0, 0.05) is 42.8 Å².